The van der Waals surface area contributed by atoms with Crippen molar-refractivity contribution in [2.24, 2.45) is 5.92 Å². The molecular weight excluding hydrogens is 423 g/mol. The van der Waals surface area contributed by atoms with E-state index in [9.17, 15) is 17.6 Å². The van der Waals surface area contributed by atoms with Crippen molar-refractivity contribution in [2.45, 2.75) is 38.1 Å². The molecule has 0 heterocycles. The molecule has 0 saturated heterocycles. The first kappa shape index (κ1) is 23.2. The van der Waals surface area contributed by atoms with Crippen LogP contribution in [0, 0.1) is 11.7 Å². The van der Waals surface area contributed by atoms with E-state index < -0.39 is 27.9 Å². The van der Waals surface area contributed by atoms with E-state index in [1.165, 1.54) is 6.07 Å². The van der Waals surface area contributed by atoms with E-state index >= 15 is 0 Å². The van der Waals surface area contributed by atoms with Gasteiger partial charge in [0.15, 0.2) is 11.6 Å². The first-order chi connectivity index (χ1) is 14.7. The summed E-state index contributed by atoms with van der Waals surface area (Å²) in [6.07, 6.45) is 2.19. The standard InChI is InChI=1S/C22H27FN2O5S/c1-15(19-8-9-20(23)21(10-19)30-13-17-4-5-17)25-31(28,29)14-18-6-2-16(3-7-18)11-24-12-22(26)27/h2-3,6-10,15,17,24-25H,4-5,11-14H2,1H3,(H,26,27). The predicted molar refractivity (Wildman–Crippen MR) is 115 cm³/mol. The number of aliphatic carboxylic acids is 1. The van der Waals surface area contributed by atoms with Crippen molar-refractivity contribution < 1.29 is 27.4 Å². The highest BCUT2D eigenvalue weighted by Gasteiger charge is 2.23. The zero-order valence-electron chi connectivity index (χ0n) is 17.3. The maximum atomic E-state index is 14.0. The average molecular weight is 451 g/mol. The van der Waals surface area contributed by atoms with Crippen LogP contribution in [0.4, 0.5) is 4.39 Å². The summed E-state index contributed by atoms with van der Waals surface area (Å²) in [5.74, 6) is -0.976. The minimum Gasteiger partial charge on any atom is -0.490 e. The second-order valence-electron chi connectivity index (χ2n) is 7.86. The van der Waals surface area contributed by atoms with E-state index in [-0.39, 0.29) is 18.0 Å². The monoisotopic (exact) mass is 450 g/mol. The van der Waals surface area contributed by atoms with E-state index in [4.69, 9.17) is 9.84 Å². The quantitative estimate of drug-likeness (QED) is 0.459. The number of ether oxygens (including phenoxy) is 1. The number of carbonyl (C=O) groups is 1. The zero-order chi connectivity index (χ0) is 22.4. The Hall–Kier alpha value is -2.49. The van der Waals surface area contributed by atoms with Crippen LogP contribution in [0.2, 0.25) is 0 Å². The number of halogens is 1. The molecule has 1 saturated carbocycles. The Morgan fingerprint density at radius 2 is 1.87 bits per heavy atom. The molecule has 0 radical (unpaired) electrons. The largest absolute Gasteiger partial charge is 0.490 e. The summed E-state index contributed by atoms with van der Waals surface area (Å²) in [6, 6.07) is 10.7. The summed E-state index contributed by atoms with van der Waals surface area (Å²) in [6.45, 7) is 2.41. The van der Waals surface area contributed by atoms with Crippen molar-refractivity contribution in [3.63, 3.8) is 0 Å². The molecule has 9 heteroatoms. The molecule has 7 nitrogen and oxygen atoms in total. The van der Waals surface area contributed by atoms with Gasteiger partial charge in [-0.3, -0.25) is 4.79 Å². The number of sulfonamides is 1. The third-order valence-corrected chi connectivity index (χ3v) is 6.39. The molecule has 3 N–H and O–H groups in total. The molecule has 2 aromatic carbocycles. The van der Waals surface area contributed by atoms with Gasteiger partial charge in [-0.1, -0.05) is 30.3 Å². The third kappa shape index (κ3) is 7.61. The van der Waals surface area contributed by atoms with Crippen molar-refractivity contribution >= 4 is 16.0 Å². The van der Waals surface area contributed by atoms with Crippen LogP contribution in [0.1, 0.15) is 42.5 Å². The molecule has 1 fully saturated rings. The van der Waals surface area contributed by atoms with E-state index in [1.807, 2.05) is 0 Å². The molecule has 1 aliphatic carbocycles. The van der Waals surface area contributed by atoms with Crippen LogP contribution in [0.3, 0.4) is 0 Å². The zero-order valence-corrected chi connectivity index (χ0v) is 18.1. The van der Waals surface area contributed by atoms with Gasteiger partial charge in [0.1, 0.15) is 0 Å². The number of hydrogen-bond acceptors (Lipinski definition) is 5. The van der Waals surface area contributed by atoms with Gasteiger partial charge in [-0.2, -0.15) is 0 Å². The van der Waals surface area contributed by atoms with Crippen molar-refractivity contribution in [3.8, 4) is 5.75 Å². The molecule has 0 amide bonds. The highest BCUT2D eigenvalue weighted by Crippen LogP contribution is 2.31. The summed E-state index contributed by atoms with van der Waals surface area (Å²) < 4.78 is 47.3. The maximum absolute atomic E-state index is 14.0. The maximum Gasteiger partial charge on any atom is 0.317 e. The lowest BCUT2D eigenvalue weighted by molar-refractivity contribution is -0.136. The van der Waals surface area contributed by atoms with Crippen molar-refractivity contribution in [1.82, 2.24) is 10.0 Å². The van der Waals surface area contributed by atoms with Gasteiger partial charge in [0.05, 0.1) is 18.9 Å². The molecular formula is C22H27FN2O5S. The molecule has 2 aromatic rings. The lowest BCUT2D eigenvalue weighted by atomic mass is 10.1. The average Bonchev–Trinajstić information content (AvgIpc) is 3.52. The number of nitrogens with one attached hydrogen (secondary N) is 2. The second kappa shape index (κ2) is 10.2. The topological polar surface area (TPSA) is 105 Å². The molecule has 0 aliphatic heterocycles. The van der Waals surface area contributed by atoms with Gasteiger partial charge < -0.3 is 15.2 Å². The molecule has 31 heavy (non-hydrogen) atoms. The second-order valence-corrected chi connectivity index (χ2v) is 9.61. The minimum atomic E-state index is -3.64. The fourth-order valence-electron chi connectivity index (χ4n) is 3.06. The number of carboxylic acid groups (broad SMARTS) is 1. The third-order valence-electron chi connectivity index (χ3n) is 4.97. The van der Waals surface area contributed by atoms with Crippen molar-refractivity contribution in [3.05, 3.63) is 65.0 Å². The lowest BCUT2D eigenvalue weighted by Gasteiger charge is -2.16. The summed E-state index contributed by atoms with van der Waals surface area (Å²) in [5.41, 5.74) is 2.08. The van der Waals surface area contributed by atoms with E-state index in [0.717, 1.165) is 18.4 Å². The minimum absolute atomic E-state index is 0.141. The van der Waals surface area contributed by atoms with Crippen LogP contribution < -0.4 is 14.8 Å². The van der Waals surface area contributed by atoms with Gasteiger partial charge in [0.2, 0.25) is 10.0 Å². The highest BCUT2D eigenvalue weighted by atomic mass is 32.2. The SMILES string of the molecule is CC(NS(=O)(=O)Cc1ccc(CNCC(=O)O)cc1)c1ccc(F)c(OCC2CC2)c1. The van der Waals surface area contributed by atoms with Crippen LogP contribution in [0.15, 0.2) is 42.5 Å². The van der Waals surface area contributed by atoms with E-state index in [0.29, 0.717) is 30.2 Å². The van der Waals surface area contributed by atoms with Crippen molar-refractivity contribution in [1.29, 1.82) is 0 Å². The van der Waals surface area contributed by atoms with Crippen LogP contribution >= 0.6 is 0 Å². The summed E-state index contributed by atoms with van der Waals surface area (Å²) in [4.78, 5) is 10.5. The Balaban J connectivity index is 1.57. The number of rotatable bonds is 12. The van der Waals surface area contributed by atoms with Gasteiger partial charge in [-0.25, -0.2) is 17.5 Å². The Labute approximate surface area is 181 Å². The van der Waals surface area contributed by atoms with Crippen molar-refractivity contribution in [2.75, 3.05) is 13.2 Å². The van der Waals surface area contributed by atoms with Gasteiger partial charge in [0, 0.05) is 12.6 Å². The normalized spacial score (nSPS) is 14.9. The smallest absolute Gasteiger partial charge is 0.317 e. The predicted octanol–water partition coefficient (Wildman–Crippen LogP) is 2.97. The fraction of sp³-hybridized carbons (Fsp3) is 0.409. The molecule has 0 spiro atoms. The molecule has 0 bridgehead atoms. The Morgan fingerprint density at radius 3 is 2.52 bits per heavy atom. The van der Waals surface area contributed by atoms with E-state index in [2.05, 4.69) is 10.0 Å². The summed E-state index contributed by atoms with van der Waals surface area (Å²) in [7, 11) is -3.64. The molecule has 0 aromatic heterocycles. The van der Waals surface area contributed by atoms with Crippen LogP contribution in [0.25, 0.3) is 0 Å². The van der Waals surface area contributed by atoms with Crippen LogP contribution in [-0.2, 0) is 27.1 Å². The van der Waals surface area contributed by atoms with E-state index in [1.54, 1.807) is 43.3 Å². The Bertz CT molecular complexity index is 1010. The molecule has 1 aliphatic rings. The Morgan fingerprint density at radius 1 is 1.19 bits per heavy atom. The van der Waals surface area contributed by atoms with Gasteiger partial charge >= 0.3 is 5.97 Å². The van der Waals surface area contributed by atoms with Crippen LogP contribution in [-0.4, -0.2) is 32.6 Å². The van der Waals surface area contributed by atoms with Crippen LogP contribution in [0.5, 0.6) is 5.75 Å². The summed E-state index contributed by atoms with van der Waals surface area (Å²) in [5, 5.41) is 11.4. The summed E-state index contributed by atoms with van der Waals surface area (Å²) >= 11 is 0. The lowest BCUT2D eigenvalue weighted by Crippen LogP contribution is -2.28. The first-order valence-electron chi connectivity index (χ1n) is 10.1. The molecule has 1 unspecified atom stereocenters. The Kier molecular flexibility index (Phi) is 7.64. The molecule has 1 atom stereocenters. The fourth-order valence-corrected chi connectivity index (χ4v) is 4.45. The van der Waals surface area contributed by atoms with Gasteiger partial charge in [-0.05, 0) is 54.5 Å². The van der Waals surface area contributed by atoms with Gasteiger partial charge in [0.25, 0.3) is 0 Å². The molecule has 168 valence electrons. The highest BCUT2D eigenvalue weighted by molar-refractivity contribution is 7.88. The van der Waals surface area contributed by atoms with Gasteiger partial charge in [-0.15, -0.1) is 0 Å². The number of carboxylic acids is 1. The molecule has 3 rings (SSSR count). The number of hydrogen-bond donors (Lipinski definition) is 3. The first-order valence-corrected chi connectivity index (χ1v) is 11.8. The number of benzene rings is 2.